The van der Waals surface area contributed by atoms with Crippen LogP contribution in [0.25, 0.3) is 0 Å². The van der Waals surface area contributed by atoms with E-state index < -0.39 is 7.12 Å². The molecule has 1 fully saturated rings. The second-order valence-corrected chi connectivity index (χ2v) is 4.88. The van der Waals surface area contributed by atoms with Crippen LogP contribution in [0.2, 0.25) is 6.32 Å². The Morgan fingerprint density at radius 3 is 1.94 bits per heavy atom. The molecule has 17 heavy (non-hydrogen) atoms. The van der Waals surface area contributed by atoms with Gasteiger partial charge in [0.15, 0.2) is 0 Å². The van der Waals surface area contributed by atoms with Crippen LogP contribution in [0.15, 0.2) is 0 Å². The Bertz CT molecular complexity index is 150. The third-order valence-electron chi connectivity index (χ3n) is 3.09. The minimum atomic E-state index is -1.10. The first-order valence-corrected chi connectivity index (χ1v) is 7.29. The summed E-state index contributed by atoms with van der Waals surface area (Å²) in [5.41, 5.74) is 0. The van der Waals surface area contributed by atoms with Crippen LogP contribution in [0, 0.1) is 0 Å². The molecule has 0 amide bonds. The lowest BCUT2D eigenvalue weighted by Crippen LogP contribution is -2.30. The molecule has 0 aromatic carbocycles. The van der Waals surface area contributed by atoms with Crippen LogP contribution in [-0.2, 0) is 0 Å². The lowest BCUT2D eigenvalue weighted by Gasteiger charge is -2.25. The fraction of sp³-hybridized carbons (Fsp3) is 1.00. The average molecular weight is 243 g/mol. The van der Waals surface area contributed by atoms with Crippen molar-refractivity contribution in [3.05, 3.63) is 0 Å². The maximum Gasteiger partial charge on any atom is 0.451 e. The fourth-order valence-corrected chi connectivity index (χ4v) is 1.95. The third-order valence-corrected chi connectivity index (χ3v) is 3.09. The molecule has 1 saturated heterocycles. The molecule has 0 atom stereocenters. The van der Waals surface area contributed by atoms with E-state index >= 15 is 0 Å². The molecule has 4 heteroatoms. The first-order chi connectivity index (χ1) is 8.20. The van der Waals surface area contributed by atoms with Gasteiger partial charge in [-0.3, -0.25) is 0 Å². The van der Waals surface area contributed by atoms with Crippen LogP contribution in [0.4, 0.5) is 0 Å². The summed E-state index contributed by atoms with van der Waals surface area (Å²) in [5, 5.41) is 16.5. The third kappa shape index (κ3) is 12.2. The highest BCUT2D eigenvalue weighted by molar-refractivity contribution is 6.40. The predicted octanol–water partition coefficient (Wildman–Crippen LogP) is 2.53. The molecule has 0 unspecified atom stereocenters. The topological polar surface area (TPSA) is 43.7 Å². The zero-order chi connectivity index (χ0) is 12.9. The van der Waals surface area contributed by atoms with Crippen LogP contribution in [0.5, 0.6) is 0 Å². The quantitative estimate of drug-likeness (QED) is 0.704. The molecule has 0 bridgehead atoms. The molecule has 0 radical (unpaired) electrons. The van der Waals surface area contributed by atoms with Crippen molar-refractivity contribution in [3.63, 3.8) is 0 Å². The Labute approximate surface area is 107 Å². The summed E-state index contributed by atoms with van der Waals surface area (Å²) in [5.74, 6) is 0. The number of nitrogens with zero attached hydrogens (tertiary/aromatic N) is 1. The van der Waals surface area contributed by atoms with Crippen molar-refractivity contribution in [2.45, 2.75) is 65.1 Å². The molecule has 0 aliphatic carbocycles. The first kappa shape index (κ1) is 16.9. The summed E-state index contributed by atoms with van der Waals surface area (Å²) >= 11 is 0. The summed E-state index contributed by atoms with van der Waals surface area (Å²) in [6, 6.07) is 0. The zero-order valence-electron chi connectivity index (χ0n) is 11.7. The maximum atomic E-state index is 8.24. The van der Waals surface area contributed by atoms with Gasteiger partial charge in [-0.15, -0.1) is 0 Å². The molecule has 2 N–H and O–H groups in total. The highest BCUT2D eigenvalue weighted by Gasteiger charge is 2.07. The number of piperidine rings is 1. The Kier molecular flexibility index (Phi) is 12.4. The molecule has 1 aliphatic heterocycles. The molecule has 0 aromatic heterocycles. The van der Waals surface area contributed by atoms with Crippen molar-refractivity contribution in [1.82, 2.24) is 4.90 Å². The van der Waals surface area contributed by atoms with Crippen molar-refractivity contribution in [2.24, 2.45) is 0 Å². The number of unbranched alkanes of at least 4 members (excludes halogenated alkanes) is 2. The fourth-order valence-electron chi connectivity index (χ4n) is 1.95. The SMILES string of the molecule is CCCCB(O)O.CCCCN1CCCCC1. The van der Waals surface area contributed by atoms with Crippen LogP contribution in [0.1, 0.15) is 58.8 Å². The van der Waals surface area contributed by atoms with Crippen LogP contribution < -0.4 is 0 Å². The van der Waals surface area contributed by atoms with E-state index in [0.29, 0.717) is 6.32 Å². The van der Waals surface area contributed by atoms with E-state index in [0.717, 1.165) is 12.8 Å². The first-order valence-electron chi connectivity index (χ1n) is 7.29. The standard InChI is InChI=1S/C9H19N.C4H11BO2/c1-2-3-7-10-8-5-4-6-9-10;1-2-3-4-5(6)7/h2-9H2,1H3;6-7H,2-4H2,1H3. The Balaban J connectivity index is 0.000000325. The van der Waals surface area contributed by atoms with Gasteiger partial charge in [0.2, 0.25) is 0 Å². The molecule has 0 spiro atoms. The van der Waals surface area contributed by atoms with Gasteiger partial charge in [-0.05, 0) is 45.2 Å². The molecule has 1 rings (SSSR count). The van der Waals surface area contributed by atoms with E-state index in [2.05, 4.69) is 11.8 Å². The van der Waals surface area contributed by atoms with Crippen LogP contribution in [0.3, 0.4) is 0 Å². The summed E-state index contributed by atoms with van der Waals surface area (Å²) < 4.78 is 0. The lowest BCUT2D eigenvalue weighted by molar-refractivity contribution is 0.226. The van der Waals surface area contributed by atoms with Gasteiger partial charge in [-0.25, -0.2) is 0 Å². The van der Waals surface area contributed by atoms with Gasteiger partial charge in [0.05, 0.1) is 0 Å². The van der Waals surface area contributed by atoms with E-state index in [-0.39, 0.29) is 0 Å². The highest BCUT2D eigenvalue weighted by Crippen LogP contribution is 2.08. The molecule has 0 saturated carbocycles. The number of hydrogen-bond acceptors (Lipinski definition) is 3. The summed E-state index contributed by atoms with van der Waals surface area (Å²) in [4.78, 5) is 2.60. The van der Waals surface area contributed by atoms with Crippen molar-refractivity contribution in [1.29, 1.82) is 0 Å². The average Bonchev–Trinajstić information content (AvgIpc) is 2.36. The minimum Gasteiger partial charge on any atom is -0.427 e. The summed E-state index contributed by atoms with van der Waals surface area (Å²) in [6.45, 7) is 8.35. The molecular weight excluding hydrogens is 213 g/mol. The molecule has 1 aliphatic rings. The van der Waals surface area contributed by atoms with Gasteiger partial charge in [0, 0.05) is 0 Å². The molecule has 1 heterocycles. The summed E-state index contributed by atoms with van der Waals surface area (Å²) in [6.07, 6.45) is 9.50. The normalized spacial score (nSPS) is 16.2. The minimum absolute atomic E-state index is 0.510. The highest BCUT2D eigenvalue weighted by atomic mass is 16.4. The molecular formula is C13H30BNO2. The Morgan fingerprint density at radius 2 is 1.53 bits per heavy atom. The van der Waals surface area contributed by atoms with Gasteiger partial charge in [0.25, 0.3) is 0 Å². The number of likely N-dealkylation sites (tertiary alicyclic amines) is 1. The monoisotopic (exact) mass is 243 g/mol. The van der Waals surface area contributed by atoms with Gasteiger partial charge in [0.1, 0.15) is 0 Å². The summed E-state index contributed by atoms with van der Waals surface area (Å²) in [7, 11) is -1.10. The van der Waals surface area contributed by atoms with E-state index in [9.17, 15) is 0 Å². The number of hydrogen-bond donors (Lipinski definition) is 2. The van der Waals surface area contributed by atoms with Gasteiger partial charge < -0.3 is 14.9 Å². The second-order valence-electron chi connectivity index (χ2n) is 4.88. The van der Waals surface area contributed by atoms with E-state index in [1.165, 1.54) is 51.7 Å². The maximum absolute atomic E-state index is 8.24. The van der Waals surface area contributed by atoms with E-state index in [1.807, 2.05) is 6.92 Å². The molecule has 3 nitrogen and oxygen atoms in total. The van der Waals surface area contributed by atoms with Crippen molar-refractivity contribution in [3.8, 4) is 0 Å². The van der Waals surface area contributed by atoms with Crippen molar-refractivity contribution in [2.75, 3.05) is 19.6 Å². The van der Waals surface area contributed by atoms with Gasteiger partial charge in [-0.2, -0.15) is 0 Å². The van der Waals surface area contributed by atoms with Crippen LogP contribution >= 0.6 is 0 Å². The zero-order valence-corrected chi connectivity index (χ0v) is 11.7. The number of rotatable bonds is 6. The van der Waals surface area contributed by atoms with Gasteiger partial charge in [-0.1, -0.05) is 39.5 Å². The van der Waals surface area contributed by atoms with Crippen LogP contribution in [-0.4, -0.2) is 41.7 Å². The smallest absolute Gasteiger partial charge is 0.427 e. The van der Waals surface area contributed by atoms with E-state index in [4.69, 9.17) is 10.0 Å². The largest absolute Gasteiger partial charge is 0.451 e. The lowest BCUT2D eigenvalue weighted by atomic mass is 9.84. The van der Waals surface area contributed by atoms with E-state index in [1.54, 1.807) is 0 Å². The van der Waals surface area contributed by atoms with Crippen molar-refractivity contribution < 1.29 is 10.0 Å². The Hall–Kier alpha value is -0.0551. The molecule has 0 aromatic rings. The molecule has 102 valence electrons. The van der Waals surface area contributed by atoms with Gasteiger partial charge >= 0.3 is 7.12 Å². The predicted molar refractivity (Wildman–Crippen MR) is 75.1 cm³/mol. The Morgan fingerprint density at radius 1 is 0.941 bits per heavy atom. The van der Waals surface area contributed by atoms with Crippen molar-refractivity contribution >= 4 is 7.12 Å². The second kappa shape index (κ2) is 12.4.